The van der Waals surface area contributed by atoms with Gasteiger partial charge in [-0.05, 0) is 44.2 Å². The minimum absolute atomic E-state index is 0.0510. The Kier molecular flexibility index (Phi) is 6.66. The van der Waals surface area contributed by atoms with E-state index in [1.807, 2.05) is 36.4 Å². The molecule has 0 aliphatic heterocycles. The number of benzene rings is 2. The predicted octanol–water partition coefficient (Wildman–Crippen LogP) is 5.96. The van der Waals surface area contributed by atoms with Crippen molar-refractivity contribution >= 4 is 57.5 Å². The molecule has 0 bridgehead atoms. The molecule has 0 aliphatic carbocycles. The van der Waals surface area contributed by atoms with Gasteiger partial charge in [-0.25, -0.2) is 19.6 Å². The second-order valence-corrected chi connectivity index (χ2v) is 7.46. The smallest absolute Gasteiger partial charge is 0.341 e. The van der Waals surface area contributed by atoms with Crippen LogP contribution in [0.3, 0.4) is 0 Å². The van der Waals surface area contributed by atoms with Crippen LogP contribution < -0.4 is 0 Å². The van der Waals surface area contributed by atoms with Crippen molar-refractivity contribution in [3.63, 3.8) is 0 Å². The zero-order chi connectivity index (χ0) is 23.4. The summed E-state index contributed by atoms with van der Waals surface area (Å²) >= 11 is 6.39. The Labute approximate surface area is 195 Å². The lowest BCUT2D eigenvalue weighted by molar-refractivity contribution is 0.0480. The van der Waals surface area contributed by atoms with Gasteiger partial charge in [0.05, 0.1) is 35.5 Å². The number of fused-ring (bicyclic) bond motifs is 2. The molecule has 0 saturated carbocycles. The quantitative estimate of drug-likeness (QED) is 0.261. The molecule has 0 fully saturated rings. The Morgan fingerprint density at radius 2 is 1.48 bits per heavy atom. The minimum atomic E-state index is -0.652. The number of carbonyl (C=O) groups excluding carboxylic acids is 2. The van der Waals surface area contributed by atoms with Crippen LogP contribution in [0.15, 0.2) is 54.6 Å². The van der Waals surface area contributed by atoms with Gasteiger partial charge in [0, 0.05) is 16.3 Å². The molecule has 4 aromatic rings. The molecule has 6 nitrogen and oxygen atoms in total. The lowest BCUT2D eigenvalue weighted by Crippen LogP contribution is -2.17. The summed E-state index contributed by atoms with van der Waals surface area (Å²) in [6.07, 6.45) is 3.36. The lowest BCUT2D eigenvalue weighted by atomic mass is 9.99. The van der Waals surface area contributed by atoms with Crippen LogP contribution in [0.4, 0.5) is 0 Å². The molecule has 0 unspecified atom stereocenters. The zero-order valence-corrected chi connectivity index (χ0v) is 18.9. The number of rotatable bonds is 6. The number of esters is 2. The summed E-state index contributed by atoms with van der Waals surface area (Å²) in [5, 5.41) is 1.75. The maximum Gasteiger partial charge on any atom is 0.341 e. The van der Waals surface area contributed by atoms with Gasteiger partial charge in [-0.15, -0.1) is 0 Å². The van der Waals surface area contributed by atoms with Crippen molar-refractivity contribution in [2.75, 3.05) is 13.2 Å². The van der Waals surface area contributed by atoms with Crippen LogP contribution in [0.5, 0.6) is 0 Å². The van der Waals surface area contributed by atoms with E-state index in [-0.39, 0.29) is 30.0 Å². The number of hydrogen-bond acceptors (Lipinski definition) is 6. The molecule has 166 valence electrons. The summed E-state index contributed by atoms with van der Waals surface area (Å²) in [7, 11) is 0. The molecule has 4 rings (SSSR count). The molecule has 7 heteroatoms. The van der Waals surface area contributed by atoms with Gasteiger partial charge in [0.25, 0.3) is 0 Å². The Bertz CT molecular complexity index is 1400. The fourth-order valence-corrected chi connectivity index (χ4v) is 3.78. The Morgan fingerprint density at radius 3 is 2.21 bits per heavy atom. The maximum atomic E-state index is 12.9. The van der Waals surface area contributed by atoms with Gasteiger partial charge in [0.15, 0.2) is 0 Å². The van der Waals surface area contributed by atoms with Crippen LogP contribution in [-0.4, -0.2) is 35.1 Å². The largest absolute Gasteiger partial charge is 0.462 e. The van der Waals surface area contributed by atoms with Gasteiger partial charge in [0.1, 0.15) is 10.7 Å². The number of para-hydroxylation sites is 2. The monoisotopic (exact) mass is 460 g/mol. The minimum Gasteiger partial charge on any atom is -0.462 e. The third-order valence-electron chi connectivity index (χ3n) is 5.00. The van der Waals surface area contributed by atoms with Crippen molar-refractivity contribution in [1.82, 2.24) is 9.97 Å². The van der Waals surface area contributed by atoms with Gasteiger partial charge >= 0.3 is 11.9 Å². The number of hydrogen-bond donors (Lipinski definition) is 0. The van der Waals surface area contributed by atoms with E-state index in [1.165, 1.54) is 0 Å². The number of halogens is 1. The van der Waals surface area contributed by atoms with Crippen LogP contribution >= 0.6 is 11.6 Å². The third-order valence-corrected chi connectivity index (χ3v) is 5.31. The van der Waals surface area contributed by atoms with Gasteiger partial charge in [-0.3, -0.25) is 0 Å². The summed E-state index contributed by atoms with van der Waals surface area (Å²) in [5.41, 5.74) is 2.44. The number of aromatic nitrogens is 2. The SMILES string of the molecule is CCOC(=O)c1c(/C=C/c2cc3ccccc3nc2Cl)nc2ccccc2c1C(=O)OCC. The summed E-state index contributed by atoms with van der Waals surface area (Å²) in [4.78, 5) is 34.9. The molecule has 0 aliphatic rings. The second-order valence-electron chi connectivity index (χ2n) is 7.10. The zero-order valence-electron chi connectivity index (χ0n) is 18.2. The van der Waals surface area contributed by atoms with Crippen molar-refractivity contribution in [3.05, 3.63) is 82.1 Å². The van der Waals surface area contributed by atoms with Crippen molar-refractivity contribution in [3.8, 4) is 0 Å². The van der Waals surface area contributed by atoms with E-state index < -0.39 is 11.9 Å². The number of carbonyl (C=O) groups is 2. The highest BCUT2D eigenvalue weighted by Crippen LogP contribution is 2.28. The van der Waals surface area contributed by atoms with Crippen LogP contribution in [0.1, 0.15) is 45.8 Å². The van der Waals surface area contributed by atoms with Gasteiger partial charge in [-0.1, -0.05) is 48.0 Å². The van der Waals surface area contributed by atoms with E-state index in [1.54, 1.807) is 44.2 Å². The molecule has 0 amide bonds. The van der Waals surface area contributed by atoms with E-state index in [4.69, 9.17) is 21.1 Å². The molecule has 0 radical (unpaired) electrons. The van der Waals surface area contributed by atoms with Crippen LogP contribution in [-0.2, 0) is 9.47 Å². The Hall–Kier alpha value is -3.77. The standard InChI is InChI=1S/C26H21ClN2O4/c1-3-32-25(30)22-18-10-6-8-12-20(18)28-21(23(22)26(31)33-4-2)14-13-17-15-16-9-5-7-11-19(16)29-24(17)27/h5-15H,3-4H2,1-2H3/b14-13+. The first-order valence-corrected chi connectivity index (χ1v) is 10.9. The normalized spacial score (nSPS) is 11.2. The maximum absolute atomic E-state index is 12.9. The van der Waals surface area contributed by atoms with E-state index >= 15 is 0 Å². The van der Waals surface area contributed by atoms with E-state index in [0.717, 1.165) is 10.9 Å². The molecule has 0 N–H and O–H groups in total. The highest BCUT2D eigenvalue weighted by molar-refractivity contribution is 6.31. The average molecular weight is 461 g/mol. The molecular weight excluding hydrogens is 440 g/mol. The Morgan fingerprint density at radius 1 is 0.848 bits per heavy atom. The van der Waals surface area contributed by atoms with Crippen molar-refractivity contribution in [2.45, 2.75) is 13.8 Å². The summed E-state index contributed by atoms with van der Waals surface area (Å²) < 4.78 is 10.5. The summed E-state index contributed by atoms with van der Waals surface area (Å²) in [6, 6.07) is 16.6. The average Bonchev–Trinajstić information content (AvgIpc) is 2.82. The van der Waals surface area contributed by atoms with E-state index in [9.17, 15) is 9.59 Å². The third kappa shape index (κ3) is 4.56. The first-order chi connectivity index (χ1) is 16.0. The van der Waals surface area contributed by atoms with Crippen molar-refractivity contribution in [1.29, 1.82) is 0 Å². The summed E-state index contributed by atoms with van der Waals surface area (Å²) in [6.45, 7) is 3.73. The van der Waals surface area contributed by atoms with Gasteiger partial charge < -0.3 is 9.47 Å². The van der Waals surface area contributed by atoms with Gasteiger partial charge in [0.2, 0.25) is 0 Å². The fraction of sp³-hybridized carbons (Fsp3) is 0.154. The highest BCUT2D eigenvalue weighted by atomic mass is 35.5. The molecule has 0 saturated heterocycles. The first kappa shape index (κ1) is 22.4. The first-order valence-electron chi connectivity index (χ1n) is 10.5. The fourth-order valence-electron chi connectivity index (χ4n) is 3.57. The van der Waals surface area contributed by atoms with E-state index in [2.05, 4.69) is 9.97 Å². The molecule has 2 aromatic heterocycles. The van der Waals surface area contributed by atoms with Crippen LogP contribution in [0.2, 0.25) is 5.15 Å². The number of pyridine rings is 2. The molecular formula is C26H21ClN2O4. The van der Waals surface area contributed by atoms with Crippen molar-refractivity contribution in [2.24, 2.45) is 0 Å². The van der Waals surface area contributed by atoms with Crippen LogP contribution in [0, 0.1) is 0 Å². The second kappa shape index (κ2) is 9.79. The molecule has 2 aromatic carbocycles. The topological polar surface area (TPSA) is 78.4 Å². The van der Waals surface area contributed by atoms with Crippen LogP contribution in [0.25, 0.3) is 34.0 Å². The summed E-state index contributed by atoms with van der Waals surface area (Å²) in [5.74, 6) is -1.26. The van der Waals surface area contributed by atoms with Crippen molar-refractivity contribution < 1.29 is 19.1 Å². The Balaban J connectivity index is 1.93. The predicted molar refractivity (Wildman–Crippen MR) is 129 cm³/mol. The molecule has 2 heterocycles. The van der Waals surface area contributed by atoms with Gasteiger partial charge in [-0.2, -0.15) is 0 Å². The van der Waals surface area contributed by atoms with E-state index in [0.29, 0.717) is 21.6 Å². The molecule has 33 heavy (non-hydrogen) atoms. The highest BCUT2D eigenvalue weighted by Gasteiger charge is 2.26. The number of ether oxygens (including phenoxy) is 2. The molecule has 0 spiro atoms. The lowest BCUT2D eigenvalue weighted by Gasteiger charge is -2.14. The molecule has 0 atom stereocenters. The number of nitrogens with zero attached hydrogens (tertiary/aromatic N) is 2.